The Morgan fingerprint density at radius 1 is 1.20 bits per heavy atom. The molecule has 15 heavy (non-hydrogen) atoms. The van der Waals surface area contributed by atoms with Crippen molar-refractivity contribution in [3.8, 4) is 0 Å². The molecule has 0 saturated carbocycles. The molecule has 2 nitrogen and oxygen atoms in total. The van der Waals surface area contributed by atoms with E-state index in [0.29, 0.717) is 0 Å². The highest BCUT2D eigenvalue weighted by atomic mass is 16.3. The number of aliphatic hydroxyl groups excluding tert-OH is 1. The molecule has 1 aromatic carbocycles. The summed E-state index contributed by atoms with van der Waals surface area (Å²) < 4.78 is 0. The number of aryl methyl sites for hydroxylation is 1. The molecule has 0 bridgehead atoms. The summed E-state index contributed by atoms with van der Waals surface area (Å²) in [7, 11) is 0. The van der Waals surface area contributed by atoms with Gasteiger partial charge in [0.15, 0.2) is 0 Å². The van der Waals surface area contributed by atoms with Crippen LogP contribution in [0.2, 0.25) is 0 Å². The van der Waals surface area contributed by atoms with E-state index in [0.717, 1.165) is 11.1 Å². The average molecular weight is 207 g/mol. The highest BCUT2D eigenvalue weighted by Crippen LogP contribution is 2.24. The molecule has 1 rings (SSSR count). The normalized spacial score (nSPS) is 15.4. The maximum atomic E-state index is 10.1. The van der Waals surface area contributed by atoms with E-state index in [9.17, 15) is 5.11 Å². The Morgan fingerprint density at radius 2 is 1.80 bits per heavy atom. The van der Waals surface area contributed by atoms with Gasteiger partial charge in [0, 0.05) is 6.04 Å². The lowest BCUT2D eigenvalue weighted by Gasteiger charge is -2.24. The third-order valence-corrected chi connectivity index (χ3v) is 3.10. The summed E-state index contributed by atoms with van der Waals surface area (Å²) in [6.45, 7) is 8.13. The van der Waals surface area contributed by atoms with E-state index in [4.69, 9.17) is 5.73 Å². The van der Waals surface area contributed by atoms with Crippen molar-refractivity contribution in [2.75, 3.05) is 0 Å². The molecule has 0 aliphatic heterocycles. The van der Waals surface area contributed by atoms with Crippen molar-refractivity contribution in [1.29, 1.82) is 0 Å². The Bertz CT molecular complexity index is 333. The number of aliphatic hydroxyl groups is 1. The fourth-order valence-electron chi connectivity index (χ4n) is 1.67. The Hall–Kier alpha value is -0.860. The Morgan fingerprint density at radius 3 is 2.33 bits per heavy atom. The van der Waals surface area contributed by atoms with Crippen LogP contribution in [0.15, 0.2) is 18.2 Å². The first kappa shape index (κ1) is 12.2. The van der Waals surface area contributed by atoms with Crippen LogP contribution in [-0.2, 0) is 0 Å². The number of hydrogen-bond donors (Lipinski definition) is 2. The first-order valence-corrected chi connectivity index (χ1v) is 5.45. The summed E-state index contributed by atoms with van der Waals surface area (Å²) in [4.78, 5) is 0. The van der Waals surface area contributed by atoms with Crippen LogP contribution in [0.4, 0.5) is 0 Å². The van der Waals surface area contributed by atoms with Crippen LogP contribution < -0.4 is 5.73 Å². The standard InChI is InChI=1S/C13H21NO/c1-8(2)12(14)13(15)11-7-5-6-9(3)10(11)4/h5-8,12-13,15H,14H2,1-4H3. The molecule has 0 spiro atoms. The molecule has 2 heteroatoms. The Labute approximate surface area is 92.1 Å². The van der Waals surface area contributed by atoms with Crippen molar-refractivity contribution in [2.24, 2.45) is 11.7 Å². The van der Waals surface area contributed by atoms with Crippen molar-refractivity contribution >= 4 is 0 Å². The number of hydrogen-bond acceptors (Lipinski definition) is 2. The monoisotopic (exact) mass is 207 g/mol. The average Bonchev–Trinajstić information content (AvgIpc) is 2.20. The van der Waals surface area contributed by atoms with Gasteiger partial charge in [-0.15, -0.1) is 0 Å². The predicted octanol–water partition coefficient (Wildman–Crippen LogP) is 2.32. The van der Waals surface area contributed by atoms with Crippen molar-refractivity contribution < 1.29 is 5.11 Å². The highest BCUT2D eigenvalue weighted by Gasteiger charge is 2.21. The molecule has 1 aromatic rings. The minimum absolute atomic E-state index is 0.203. The highest BCUT2D eigenvalue weighted by molar-refractivity contribution is 5.35. The molecule has 0 radical (unpaired) electrons. The first-order valence-electron chi connectivity index (χ1n) is 5.45. The number of rotatable bonds is 3. The molecule has 2 unspecified atom stereocenters. The van der Waals surface area contributed by atoms with E-state index < -0.39 is 6.10 Å². The molecule has 0 aliphatic carbocycles. The topological polar surface area (TPSA) is 46.2 Å². The maximum absolute atomic E-state index is 10.1. The van der Waals surface area contributed by atoms with Crippen LogP contribution in [0.5, 0.6) is 0 Å². The molecular weight excluding hydrogens is 186 g/mol. The lowest BCUT2D eigenvalue weighted by Crippen LogP contribution is -2.33. The fraction of sp³-hybridized carbons (Fsp3) is 0.538. The van der Waals surface area contributed by atoms with Gasteiger partial charge in [-0.05, 0) is 36.5 Å². The molecule has 0 saturated heterocycles. The number of benzene rings is 1. The van der Waals surface area contributed by atoms with Crippen molar-refractivity contribution in [3.63, 3.8) is 0 Å². The van der Waals surface area contributed by atoms with E-state index in [2.05, 4.69) is 0 Å². The van der Waals surface area contributed by atoms with Gasteiger partial charge < -0.3 is 10.8 Å². The molecule has 0 fully saturated rings. The zero-order valence-corrected chi connectivity index (χ0v) is 9.99. The third kappa shape index (κ3) is 2.58. The van der Waals surface area contributed by atoms with Crippen LogP contribution in [0.25, 0.3) is 0 Å². The molecular formula is C13H21NO. The van der Waals surface area contributed by atoms with Crippen LogP contribution in [-0.4, -0.2) is 11.1 Å². The minimum Gasteiger partial charge on any atom is -0.387 e. The van der Waals surface area contributed by atoms with Crippen LogP contribution in [0, 0.1) is 19.8 Å². The molecule has 0 amide bonds. The minimum atomic E-state index is -0.565. The van der Waals surface area contributed by atoms with Gasteiger partial charge in [0.25, 0.3) is 0 Å². The fourth-order valence-corrected chi connectivity index (χ4v) is 1.67. The Balaban J connectivity index is 3.01. The molecule has 3 N–H and O–H groups in total. The summed E-state index contributed by atoms with van der Waals surface area (Å²) in [5, 5.41) is 10.1. The summed E-state index contributed by atoms with van der Waals surface area (Å²) in [6, 6.07) is 5.76. The summed E-state index contributed by atoms with van der Waals surface area (Å²) >= 11 is 0. The predicted molar refractivity (Wildman–Crippen MR) is 63.7 cm³/mol. The van der Waals surface area contributed by atoms with Gasteiger partial charge in [0.1, 0.15) is 0 Å². The molecule has 2 atom stereocenters. The van der Waals surface area contributed by atoms with E-state index in [1.54, 1.807) is 0 Å². The second kappa shape index (κ2) is 4.77. The van der Waals surface area contributed by atoms with Gasteiger partial charge in [-0.3, -0.25) is 0 Å². The van der Waals surface area contributed by atoms with Crippen LogP contribution in [0.1, 0.15) is 36.6 Å². The van der Waals surface area contributed by atoms with Gasteiger partial charge in [-0.25, -0.2) is 0 Å². The quantitative estimate of drug-likeness (QED) is 0.799. The molecule has 84 valence electrons. The largest absolute Gasteiger partial charge is 0.387 e. The second-order valence-corrected chi connectivity index (χ2v) is 4.56. The van der Waals surface area contributed by atoms with Crippen molar-refractivity contribution in [2.45, 2.75) is 39.8 Å². The van der Waals surface area contributed by atoms with E-state index in [1.807, 2.05) is 45.9 Å². The lowest BCUT2D eigenvalue weighted by molar-refractivity contribution is 0.125. The SMILES string of the molecule is Cc1cccc(C(O)C(N)C(C)C)c1C. The summed E-state index contributed by atoms with van der Waals surface area (Å²) in [6.07, 6.45) is -0.565. The first-order chi connectivity index (χ1) is 6.95. The summed E-state index contributed by atoms with van der Waals surface area (Å²) in [5.74, 6) is 0.278. The van der Waals surface area contributed by atoms with Gasteiger partial charge in [-0.1, -0.05) is 32.0 Å². The summed E-state index contributed by atoms with van der Waals surface area (Å²) in [5.41, 5.74) is 9.25. The molecule has 0 aromatic heterocycles. The lowest BCUT2D eigenvalue weighted by atomic mass is 9.90. The van der Waals surface area contributed by atoms with Crippen LogP contribution >= 0.6 is 0 Å². The van der Waals surface area contributed by atoms with Crippen LogP contribution in [0.3, 0.4) is 0 Å². The molecule has 0 heterocycles. The van der Waals surface area contributed by atoms with E-state index in [1.165, 1.54) is 5.56 Å². The van der Waals surface area contributed by atoms with Gasteiger partial charge >= 0.3 is 0 Å². The van der Waals surface area contributed by atoms with Crippen molar-refractivity contribution in [1.82, 2.24) is 0 Å². The van der Waals surface area contributed by atoms with Gasteiger partial charge in [0.05, 0.1) is 6.10 Å². The Kier molecular flexibility index (Phi) is 3.89. The van der Waals surface area contributed by atoms with Crippen molar-refractivity contribution in [3.05, 3.63) is 34.9 Å². The number of nitrogens with two attached hydrogens (primary N) is 1. The van der Waals surface area contributed by atoms with Gasteiger partial charge in [0.2, 0.25) is 0 Å². The van der Waals surface area contributed by atoms with E-state index >= 15 is 0 Å². The smallest absolute Gasteiger partial charge is 0.0946 e. The zero-order chi connectivity index (χ0) is 11.6. The van der Waals surface area contributed by atoms with Gasteiger partial charge in [-0.2, -0.15) is 0 Å². The second-order valence-electron chi connectivity index (χ2n) is 4.56. The third-order valence-electron chi connectivity index (χ3n) is 3.10. The van der Waals surface area contributed by atoms with E-state index in [-0.39, 0.29) is 12.0 Å². The maximum Gasteiger partial charge on any atom is 0.0946 e. The zero-order valence-electron chi connectivity index (χ0n) is 9.99. The molecule has 0 aliphatic rings.